The fourth-order valence-corrected chi connectivity index (χ4v) is 4.56. The van der Waals surface area contributed by atoms with Gasteiger partial charge in [-0.05, 0) is 55.7 Å². The third-order valence-corrected chi connectivity index (χ3v) is 6.76. The van der Waals surface area contributed by atoms with Crippen LogP contribution in [0.3, 0.4) is 0 Å². The molecule has 5 rings (SSSR count). The number of pyridine rings is 1. The number of rotatable bonds is 9. The van der Waals surface area contributed by atoms with Crippen molar-refractivity contribution in [1.82, 2.24) is 10.3 Å². The van der Waals surface area contributed by atoms with Crippen LogP contribution < -0.4 is 19.5 Å². The Labute approximate surface area is 224 Å². The molecule has 0 spiro atoms. The maximum atomic E-state index is 12.6. The van der Waals surface area contributed by atoms with Crippen LogP contribution in [-0.4, -0.2) is 42.4 Å². The molecule has 2 aromatic carbocycles. The zero-order chi connectivity index (χ0) is 26.6. The monoisotopic (exact) mass is 538 g/mol. The van der Waals surface area contributed by atoms with E-state index < -0.39 is 12.3 Å². The first-order valence-electron chi connectivity index (χ1n) is 12.4. The summed E-state index contributed by atoms with van der Waals surface area (Å²) in [4.78, 5) is 28.2. The van der Waals surface area contributed by atoms with Crippen LogP contribution >= 0.6 is 11.6 Å². The SMILES string of the molecule is COc1nc(C2CC2)ccc1CCNC(=O)c1ccc(Oc2cc3c(cc2Cl)C(OC(=O)O)CCO3)cc1. The van der Waals surface area contributed by atoms with Crippen molar-refractivity contribution in [1.29, 1.82) is 0 Å². The van der Waals surface area contributed by atoms with E-state index >= 15 is 0 Å². The number of carbonyl (C=O) groups is 2. The molecule has 1 amide bonds. The summed E-state index contributed by atoms with van der Waals surface area (Å²) >= 11 is 6.39. The van der Waals surface area contributed by atoms with Crippen molar-refractivity contribution in [2.24, 2.45) is 0 Å². The van der Waals surface area contributed by atoms with Gasteiger partial charge in [0.15, 0.2) is 0 Å². The van der Waals surface area contributed by atoms with Crippen molar-refractivity contribution in [2.45, 2.75) is 37.7 Å². The summed E-state index contributed by atoms with van der Waals surface area (Å²) in [5.74, 6) is 2.22. The Bertz CT molecular complexity index is 1340. The van der Waals surface area contributed by atoms with Gasteiger partial charge in [0.05, 0.1) is 18.7 Å². The number of benzene rings is 2. The summed E-state index contributed by atoms with van der Waals surface area (Å²) in [5, 5.41) is 12.2. The number of methoxy groups -OCH3 is 1. The molecule has 1 aliphatic carbocycles. The van der Waals surface area contributed by atoms with Gasteiger partial charge in [0, 0.05) is 47.3 Å². The predicted octanol–water partition coefficient (Wildman–Crippen LogP) is 5.90. The van der Waals surface area contributed by atoms with E-state index in [1.165, 1.54) is 12.8 Å². The first-order valence-corrected chi connectivity index (χ1v) is 12.7. The molecule has 2 N–H and O–H groups in total. The Balaban J connectivity index is 1.18. The van der Waals surface area contributed by atoms with Crippen LogP contribution in [0.2, 0.25) is 5.02 Å². The Hall–Kier alpha value is -3.98. The van der Waals surface area contributed by atoms with Gasteiger partial charge in [-0.15, -0.1) is 0 Å². The van der Waals surface area contributed by atoms with Crippen LogP contribution in [0.1, 0.15) is 58.5 Å². The van der Waals surface area contributed by atoms with Crippen molar-refractivity contribution in [3.05, 3.63) is 75.9 Å². The van der Waals surface area contributed by atoms with E-state index in [2.05, 4.69) is 10.3 Å². The summed E-state index contributed by atoms with van der Waals surface area (Å²) in [6.07, 6.45) is 1.34. The van der Waals surface area contributed by atoms with Crippen LogP contribution in [-0.2, 0) is 11.2 Å². The fourth-order valence-electron chi connectivity index (χ4n) is 4.35. The number of hydrogen-bond donors (Lipinski definition) is 2. The molecule has 1 fully saturated rings. The highest BCUT2D eigenvalue weighted by atomic mass is 35.5. The van der Waals surface area contributed by atoms with Gasteiger partial charge in [-0.25, -0.2) is 9.78 Å². The van der Waals surface area contributed by atoms with Gasteiger partial charge in [0.25, 0.3) is 5.91 Å². The minimum atomic E-state index is -1.36. The molecule has 38 heavy (non-hydrogen) atoms. The number of nitrogens with one attached hydrogen (secondary N) is 1. The molecular weight excluding hydrogens is 512 g/mol. The number of carboxylic acid groups (broad SMARTS) is 1. The lowest BCUT2D eigenvalue weighted by atomic mass is 10.0. The molecule has 2 heterocycles. The molecule has 0 radical (unpaired) electrons. The van der Waals surface area contributed by atoms with E-state index in [1.807, 2.05) is 12.1 Å². The highest BCUT2D eigenvalue weighted by Gasteiger charge is 2.27. The number of fused-ring (bicyclic) bond motifs is 1. The Morgan fingerprint density at radius 2 is 1.92 bits per heavy atom. The molecule has 198 valence electrons. The number of ether oxygens (including phenoxy) is 4. The molecule has 0 bridgehead atoms. The smallest absolute Gasteiger partial charge is 0.493 e. The second kappa shape index (κ2) is 11.2. The third-order valence-electron chi connectivity index (χ3n) is 6.47. The second-order valence-electron chi connectivity index (χ2n) is 9.14. The molecular formula is C28H27ClN2O7. The molecule has 1 aliphatic heterocycles. The lowest BCUT2D eigenvalue weighted by Crippen LogP contribution is -2.25. The van der Waals surface area contributed by atoms with Gasteiger partial charge in [0.2, 0.25) is 5.88 Å². The van der Waals surface area contributed by atoms with Crippen molar-refractivity contribution >= 4 is 23.7 Å². The number of carbonyl (C=O) groups excluding carboxylic acids is 1. The topological polar surface area (TPSA) is 116 Å². The number of halogens is 1. The van der Waals surface area contributed by atoms with Crippen molar-refractivity contribution < 1.29 is 33.6 Å². The first kappa shape index (κ1) is 25.7. The van der Waals surface area contributed by atoms with E-state index in [0.717, 1.165) is 11.3 Å². The van der Waals surface area contributed by atoms with Crippen LogP contribution in [0, 0.1) is 0 Å². The third kappa shape index (κ3) is 5.94. The predicted molar refractivity (Wildman–Crippen MR) is 139 cm³/mol. The molecule has 1 saturated carbocycles. The molecule has 1 atom stereocenters. The first-order chi connectivity index (χ1) is 18.4. The Morgan fingerprint density at radius 1 is 1.13 bits per heavy atom. The standard InChI is InChI=1S/C28H27ClN2O7/c1-35-27-18(6-9-22(31-27)16-2-3-16)10-12-30-26(32)17-4-7-19(8-5-17)37-25-15-24-20(14-21(25)29)23(11-13-36-24)38-28(33)34/h4-9,14-16,23H,2-3,10-13H2,1H3,(H,30,32)(H,33,34). The van der Waals surface area contributed by atoms with E-state index in [0.29, 0.717) is 66.2 Å². The van der Waals surface area contributed by atoms with Gasteiger partial charge in [-0.2, -0.15) is 0 Å². The van der Waals surface area contributed by atoms with Gasteiger partial charge in [-0.1, -0.05) is 17.7 Å². The highest BCUT2D eigenvalue weighted by molar-refractivity contribution is 6.32. The second-order valence-corrected chi connectivity index (χ2v) is 9.55. The van der Waals surface area contributed by atoms with Gasteiger partial charge >= 0.3 is 6.16 Å². The zero-order valence-corrected chi connectivity index (χ0v) is 21.5. The van der Waals surface area contributed by atoms with Gasteiger partial charge in [0.1, 0.15) is 23.4 Å². The average Bonchev–Trinajstić information content (AvgIpc) is 3.75. The molecule has 1 unspecified atom stereocenters. The van der Waals surface area contributed by atoms with E-state index in [9.17, 15) is 9.59 Å². The Kier molecular flexibility index (Phi) is 7.55. The van der Waals surface area contributed by atoms with Gasteiger partial charge in [-0.3, -0.25) is 4.79 Å². The number of amides is 1. The summed E-state index contributed by atoms with van der Waals surface area (Å²) in [6, 6.07) is 13.9. The average molecular weight is 539 g/mol. The molecule has 3 aromatic rings. The molecule has 10 heteroatoms. The normalized spacial score (nSPS) is 16.1. The zero-order valence-electron chi connectivity index (χ0n) is 20.7. The minimum Gasteiger partial charge on any atom is -0.493 e. The van der Waals surface area contributed by atoms with Crippen LogP contribution in [0.5, 0.6) is 23.1 Å². The minimum absolute atomic E-state index is 0.206. The highest BCUT2D eigenvalue weighted by Crippen LogP contribution is 2.42. The Morgan fingerprint density at radius 3 is 2.63 bits per heavy atom. The summed E-state index contributed by atoms with van der Waals surface area (Å²) in [5.41, 5.74) is 3.06. The largest absolute Gasteiger partial charge is 0.506 e. The van der Waals surface area contributed by atoms with Crippen LogP contribution in [0.4, 0.5) is 4.79 Å². The van der Waals surface area contributed by atoms with E-state index in [1.54, 1.807) is 43.5 Å². The molecule has 9 nitrogen and oxygen atoms in total. The fraction of sp³-hybridized carbons (Fsp3) is 0.321. The molecule has 1 aromatic heterocycles. The van der Waals surface area contributed by atoms with Crippen LogP contribution in [0.15, 0.2) is 48.5 Å². The van der Waals surface area contributed by atoms with Crippen molar-refractivity contribution in [3.8, 4) is 23.1 Å². The lowest BCUT2D eigenvalue weighted by Gasteiger charge is -2.25. The number of hydrogen-bond acceptors (Lipinski definition) is 7. The summed E-state index contributed by atoms with van der Waals surface area (Å²) in [6.45, 7) is 0.750. The van der Waals surface area contributed by atoms with Crippen LogP contribution in [0.25, 0.3) is 0 Å². The van der Waals surface area contributed by atoms with E-state index in [-0.39, 0.29) is 10.9 Å². The summed E-state index contributed by atoms with van der Waals surface area (Å²) < 4.78 is 21.9. The molecule has 2 aliphatic rings. The number of nitrogens with zero attached hydrogens (tertiary/aromatic N) is 1. The number of aromatic nitrogens is 1. The van der Waals surface area contributed by atoms with Crippen molar-refractivity contribution in [3.63, 3.8) is 0 Å². The van der Waals surface area contributed by atoms with Gasteiger partial charge < -0.3 is 29.4 Å². The maximum Gasteiger partial charge on any atom is 0.506 e. The molecule has 0 saturated heterocycles. The lowest BCUT2D eigenvalue weighted by molar-refractivity contribution is 0.0326. The maximum absolute atomic E-state index is 12.6. The summed E-state index contributed by atoms with van der Waals surface area (Å²) in [7, 11) is 1.61. The van der Waals surface area contributed by atoms with Crippen molar-refractivity contribution in [2.75, 3.05) is 20.3 Å². The van der Waals surface area contributed by atoms with E-state index in [4.69, 9.17) is 35.7 Å². The quantitative estimate of drug-likeness (QED) is 0.323.